The number of urea groups is 1. The number of nitrogens with zero attached hydrogens (tertiary/aromatic N) is 3. The third kappa shape index (κ3) is 4.17. The SMILES string of the molecule is COc1ccc(C2NC(=O)N(c3ccccc3)C(C)=C2c2nc(-c3ccc(C)cc3)no2)cc1OC. The largest absolute Gasteiger partial charge is 0.493 e. The van der Waals surface area contributed by atoms with E-state index in [9.17, 15) is 4.79 Å². The zero-order chi connectivity index (χ0) is 25.2. The van der Waals surface area contributed by atoms with E-state index in [0.717, 1.165) is 22.4 Å². The van der Waals surface area contributed by atoms with Crippen LogP contribution in [0.3, 0.4) is 0 Å². The summed E-state index contributed by atoms with van der Waals surface area (Å²) in [6.07, 6.45) is 0. The Hall–Kier alpha value is -4.59. The van der Waals surface area contributed by atoms with E-state index in [2.05, 4.69) is 10.5 Å². The minimum atomic E-state index is -0.552. The fourth-order valence-electron chi connectivity index (χ4n) is 4.34. The van der Waals surface area contributed by atoms with Gasteiger partial charge in [-0.05, 0) is 43.7 Å². The predicted octanol–water partition coefficient (Wildman–Crippen LogP) is 5.76. The van der Waals surface area contributed by atoms with E-state index in [0.29, 0.717) is 34.5 Å². The molecule has 4 aromatic rings. The molecule has 8 heteroatoms. The Labute approximate surface area is 209 Å². The van der Waals surface area contributed by atoms with Crippen LogP contribution < -0.4 is 19.7 Å². The number of hydrogen-bond acceptors (Lipinski definition) is 6. The number of allylic oxidation sites excluding steroid dienone is 1. The molecule has 182 valence electrons. The number of aryl methyl sites for hydroxylation is 1. The van der Waals surface area contributed by atoms with Gasteiger partial charge in [0, 0.05) is 11.3 Å². The standard InChI is InChI=1S/C28H26N4O4/c1-17-10-12-19(13-11-17)26-30-27(36-31-26)24-18(2)32(21-8-6-5-7-9-21)28(33)29-25(24)20-14-15-22(34-3)23(16-20)35-4/h5-16,25H,1-4H3,(H,29,33). The van der Waals surface area contributed by atoms with Crippen molar-refractivity contribution in [2.45, 2.75) is 19.9 Å². The molecule has 0 aliphatic carbocycles. The molecule has 1 aliphatic heterocycles. The van der Waals surface area contributed by atoms with Crippen LogP contribution in [-0.2, 0) is 0 Å². The highest BCUT2D eigenvalue weighted by Gasteiger charge is 2.36. The van der Waals surface area contributed by atoms with E-state index < -0.39 is 6.04 Å². The molecule has 0 saturated heterocycles. The fraction of sp³-hybridized carbons (Fsp3) is 0.179. The summed E-state index contributed by atoms with van der Waals surface area (Å²) < 4.78 is 16.7. The van der Waals surface area contributed by atoms with Crippen LogP contribution in [0, 0.1) is 6.92 Å². The zero-order valence-corrected chi connectivity index (χ0v) is 20.5. The normalized spacial score (nSPS) is 15.6. The second kappa shape index (κ2) is 9.58. The Morgan fingerprint density at radius 1 is 0.917 bits per heavy atom. The van der Waals surface area contributed by atoms with Crippen LogP contribution in [0.5, 0.6) is 11.5 Å². The molecule has 5 rings (SSSR count). The minimum Gasteiger partial charge on any atom is -0.493 e. The van der Waals surface area contributed by atoms with Gasteiger partial charge < -0.3 is 19.3 Å². The van der Waals surface area contributed by atoms with E-state index in [1.807, 2.05) is 86.6 Å². The maximum Gasteiger partial charge on any atom is 0.326 e. The van der Waals surface area contributed by atoms with Crippen molar-refractivity contribution >= 4 is 17.3 Å². The summed E-state index contributed by atoms with van der Waals surface area (Å²) in [6.45, 7) is 3.90. The summed E-state index contributed by atoms with van der Waals surface area (Å²) in [6, 6.07) is 22.1. The number of methoxy groups -OCH3 is 2. The quantitative estimate of drug-likeness (QED) is 0.376. The van der Waals surface area contributed by atoms with Gasteiger partial charge >= 0.3 is 6.03 Å². The number of aromatic nitrogens is 2. The summed E-state index contributed by atoms with van der Waals surface area (Å²) in [5, 5.41) is 7.35. The molecule has 8 nitrogen and oxygen atoms in total. The topological polar surface area (TPSA) is 89.7 Å². The number of nitrogens with one attached hydrogen (secondary N) is 1. The van der Waals surface area contributed by atoms with Crippen molar-refractivity contribution in [2.75, 3.05) is 19.1 Å². The molecule has 0 fully saturated rings. The first kappa shape index (κ1) is 23.2. The van der Waals surface area contributed by atoms with Gasteiger partial charge in [0.1, 0.15) is 0 Å². The first-order valence-corrected chi connectivity index (χ1v) is 11.5. The highest BCUT2D eigenvalue weighted by atomic mass is 16.5. The summed E-state index contributed by atoms with van der Waals surface area (Å²) >= 11 is 0. The first-order chi connectivity index (χ1) is 17.5. The molecule has 2 amide bonds. The van der Waals surface area contributed by atoms with Gasteiger partial charge in [-0.3, -0.25) is 4.90 Å². The minimum absolute atomic E-state index is 0.263. The lowest BCUT2D eigenvalue weighted by molar-refractivity contribution is 0.244. The number of rotatable bonds is 6. The summed E-state index contributed by atoms with van der Waals surface area (Å²) in [4.78, 5) is 19.7. The van der Waals surface area contributed by atoms with E-state index in [1.54, 1.807) is 19.1 Å². The Kier molecular flexibility index (Phi) is 6.16. The second-order valence-electron chi connectivity index (χ2n) is 8.46. The number of ether oxygens (including phenoxy) is 2. The van der Waals surface area contributed by atoms with E-state index >= 15 is 0 Å². The van der Waals surface area contributed by atoms with Crippen LogP contribution >= 0.6 is 0 Å². The highest BCUT2D eigenvalue weighted by molar-refractivity contribution is 6.01. The number of amides is 2. The molecule has 0 saturated carbocycles. The van der Waals surface area contributed by atoms with Crippen molar-refractivity contribution in [1.29, 1.82) is 0 Å². The molecule has 0 bridgehead atoms. The lowest BCUT2D eigenvalue weighted by Gasteiger charge is -2.35. The molecular formula is C28H26N4O4. The number of para-hydroxylation sites is 1. The summed E-state index contributed by atoms with van der Waals surface area (Å²) in [5.41, 5.74) is 4.88. The van der Waals surface area contributed by atoms with Crippen molar-refractivity contribution in [3.8, 4) is 22.9 Å². The Morgan fingerprint density at radius 3 is 2.33 bits per heavy atom. The lowest BCUT2D eigenvalue weighted by atomic mass is 9.94. The van der Waals surface area contributed by atoms with Gasteiger partial charge in [-0.15, -0.1) is 0 Å². The molecular weight excluding hydrogens is 456 g/mol. The molecule has 3 aromatic carbocycles. The van der Waals surface area contributed by atoms with Crippen LogP contribution in [0.25, 0.3) is 17.0 Å². The zero-order valence-electron chi connectivity index (χ0n) is 20.5. The molecule has 1 atom stereocenters. The van der Waals surface area contributed by atoms with Crippen molar-refractivity contribution in [1.82, 2.24) is 15.5 Å². The third-order valence-electron chi connectivity index (χ3n) is 6.21. The molecule has 2 heterocycles. The van der Waals surface area contributed by atoms with Gasteiger partial charge in [0.05, 0.1) is 31.5 Å². The van der Waals surface area contributed by atoms with Crippen molar-refractivity contribution in [2.24, 2.45) is 0 Å². The van der Waals surface area contributed by atoms with Crippen LogP contribution in [0.15, 0.2) is 83.0 Å². The Morgan fingerprint density at radius 2 is 1.64 bits per heavy atom. The van der Waals surface area contributed by atoms with Gasteiger partial charge in [0.15, 0.2) is 11.5 Å². The summed E-state index contributed by atoms with van der Waals surface area (Å²) in [7, 11) is 3.16. The van der Waals surface area contributed by atoms with E-state index in [4.69, 9.17) is 19.0 Å². The van der Waals surface area contributed by atoms with Gasteiger partial charge in [0.2, 0.25) is 5.82 Å². The number of anilines is 1. The third-order valence-corrected chi connectivity index (χ3v) is 6.21. The Bertz CT molecular complexity index is 1430. The van der Waals surface area contributed by atoms with Crippen LogP contribution in [0.2, 0.25) is 0 Å². The van der Waals surface area contributed by atoms with Crippen molar-refractivity contribution < 1.29 is 18.8 Å². The maximum absolute atomic E-state index is 13.4. The first-order valence-electron chi connectivity index (χ1n) is 11.5. The molecule has 1 N–H and O–H groups in total. The molecule has 1 aliphatic rings. The molecule has 1 unspecified atom stereocenters. The molecule has 0 radical (unpaired) electrons. The monoisotopic (exact) mass is 482 g/mol. The smallest absolute Gasteiger partial charge is 0.326 e. The van der Waals surface area contributed by atoms with E-state index in [1.165, 1.54) is 0 Å². The lowest BCUT2D eigenvalue weighted by Crippen LogP contribution is -2.46. The fourth-order valence-corrected chi connectivity index (χ4v) is 4.34. The van der Waals surface area contributed by atoms with Gasteiger partial charge in [-0.2, -0.15) is 4.98 Å². The average Bonchev–Trinajstić information content (AvgIpc) is 3.38. The molecule has 0 spiro atoms. The number of hydrogen-bond donors (Lipinski definition) is 1. The molecule has 36 heavy (non-hydrogen) atoms. The number of carbonyl (C=O) groups is 1. The maximum atomic E-state index is 13.4. The number of carbonyl (C=O) groups excluding carboxylic acids is 1. The van der Waals surface area contributed by atoms with Crippen molar-refractivity contribution in [3.63, 3.8) is 0 Å². The molecule has 1 aromatic heterocycles. The number of benzene rings is 3. The van der Waals surface area contributed by atoms with Gasteiger partial charge in [-0.1, -0.05) is 59.3 Å². The van der Waals surface area contributed by atoms with Gasteiger partial charge in [-0.25, -0.2) is 4.79 Å². The predicted molar refractivity (Wildman–Crippen MR) is 137 cm³/mol. The van der Waals surface area contributed by atoms with Crippen LogP contribution in [0.1, 0.15) is 30.0 Å². The average molecular weight is 483 g/mol. The van der Waals surface area contributed by atoms with Crippen LogP contribution in [0.4, 0.5) is 10.5 Å². The Balaban J connectivity index is 1.66. The van der Waals surface area contributed by atoms with Crippen molar-refractivity contribution in [3.05, 3.63) is 95.5 Å². The summed E-state index contributed by atoms with van der Waals surface area (Å²) in [5.74, 6) is 1.94. The van der Waals surface area contributed by atoms with Crippen LogP contribution in [-0.4, -0.2) is 30.4 Å². The van der Waals surface area contributed by atoms with E-state index in [-0.39, 0.29) is 6.03 Å². The second-order valence-corrected chi connectivity index (χ2v) is 8.46. The van der Waals surface area contributed by atoms with Gasteiger partial charge in [0.25, 0.3) is 5.89 Å². The highest BCUT2D eigenvalue weighted by Crippen LogP contribution is 2.41.